The third kappa shape index (κ3) is 5.18. The Labute approximate surface area is 362 Å². The first-order valence-corrected chi connectivity index (χ1v) is 22.6. The van der Waals surface area contributed by atoms with Gasteiger partial charge in [-0.1, -0.05) is 152 Å². The second-order valence-electron chi connectivity index (χ2n) is 18.7. The number of rotatable bonds is 6. The van der Waals surface area contributed by atoms with Crippen molar-refractivity contribution in [2.75, 3.05) is 0 Å². The highest BCUT2D eigenvalue weighted by atomic mass is 15.2. The molecule has 0 N–H and O–H groups in total. The highest BCUT2D eigenvalue weighted by molar-refractivity contribution is 6.19. The third-order valence-corrected chi connectivity index (χ3v) is 15.5. The molecule has 0 unspecified atom stereocenters. The van der Waals surface area contributed by atoms with Gasteiger partial charge in [0, 0.05) is 27.1 Å². The molecule has 1 spiro atoms. The molecule has 14 rings (SSSR count). The zero-order valence-electron chi connectivity index (χ0n) is 35.1. The molecule has 0 radical (unpaired) electrons. The number of benzene rings is 7. The molecule has 62 heavy (non-hydrogen) atoms. The first-order valence-electron chi connectivity index (χ1n) is 22.6. The second-order valence-corrected chi connectivity index (χ2v) is 18.7. The molecule has 3 nitrogen and oxygen atoms in total. The van der Waals surface area contributed by atoms with Crippen LogP contribution >= 0.6 is 0 Å². The van der Waals surface area contributed by atoms with Crippen molar-refractivity contribution in [3.63, 3.8) is 0 Å². The molecule has 2 aromatic heterocycles. The van der Waals surface area contributed by atoms with Crippen molar-refractivity contribution >= 4 is 48.9 Å². The first kappa shape index (κ1) is 35.9. The summed E-state index contributed by atoms with van der Waals surface area (Å²) in [6.45, 7) is 6.01. The summed E-state index contributed by atoms with van der Waals surface area (Å²) in [4.78, 5) is 10.9. The summed E-state index contributed by atoms with van der Waals surface area (Å²) in [5.74, 6) is 4.01. The van der Waals surface area contributed by atoms with Crippen LogP contribution in [0, 0.1) is 23.7 Å². The van der Waals surface area contributed by atoms with Gasteiger partial charge in [-0.15, -0.1) is 0 Å². The summed E-state index contributed by atoms with van der Waals surface area (Å²) in [5.41, 5.74) is 14.8. The summed E-state index contributed by atoms with van der Waals surface area (Å²) in [7, 11) is 0. The van der Waals surface area contributed by atoms with E-state index in [2.05, 4.69) is 170 Å². The average molecular weight is 798 g/mol. The van der Waals surface area contributed by atoms with E-state index >= 15 is 0 Å². The molecular weight excluding hydrogens is 751 g/mol. The van der Waals surface area contributed by atoms with Gasteiger partial charge in [0.05, 0.1) is 22.4 Å². The van der Waals surface area contributed by atoms with Crippen LogP contribution in [-0.4, -0.2) is 14.5 Å². The molecule has 3 heteroatoms. The second kappa shape index (κ2) is 13.6. The van der Waals surface area contributed by atoms with Gasteiger partial charge in [0.15, 0.2) is 0 Å². The van der Waals surface area contributed by atoms with E-state index in [1.54, 1.807) is 17.2 Å². The zero-order valence-corrected chi connectivity index (χ0v) is 35.1. The standard InChI is InChI=1S/C59H47N3/c1-3-4-5-12-36(2)54-35-55(44-20-19-39-13-6-7-15-41(39)32-44)61-58(60-54)62-56-34-43(22-24-49(56)50-25-21-40-14-8-9-16-47(40)57(50)62)42-23-26-53-51(33-42)48-17-10-11-18-52(48)59(53)45-28-37-27-38(30-45)31-46(59)29-37/h3-26,32-35,37-38,45-46H,1,27-31H2,2H3/b5-4-,36-12+. The normalized spacial score (nSPS) is 22.4. The maximum absolute atomic E-state index is 5.49. The topological polar surface area (TPSA) is 30.7 Å². The number of hydrogen-bond acceptors (Lipinski definition) is 2. The predicted octanol–water partition coefficient (Wildman–Crippen LogP) is 15.1. The number of allylic oxidation sites excluding steroid dienone is 5. The van der Waals surface area contributed by atoms with Crippen LogP contribution < -0.4 is 0 Å². The van der Waals surface area contributed by atoms with Crippen molar-refractivity contribution in [2.45, 2.75) is 44.4 Å². The minimum Gasteiger partial charge on any atom is -0.277 e. The van der Waals surface area contributed by atoms with Gasteiger partial charge in [-0.2, -0.15) is 0 Å². The summed E-state index contributed by atoms with van der Waals surface area (Å²) in [5, 5.41) is 7.15. The lowest BCUT2D eigenvalue weighted by Gasteiger charge is -2.61. The van der Waals surface area contributed by atoms with Gasteiger partial charge in [0.2, 0.25) is 5.95 Å². The van der Waals surface area contributed by atoms with E-state index in [4.69, 9.17) is 9.97 Å². The Hall–Kier alpha value is -6.84. The molecule has 2 heterocycles. The molecule has 5 aliphatic carbocycles. The molecular formula is C59H47N3. The molecule has 0 saturated heterocycles. The van der Waals surface area contributed by atoms with Gasteiger partial charge in [0.1, 0.15) is 0 Å². The van der Waals surface area contributed by atoms with Gasteiger partial charge in [-0.05, 0) is 142 Å². The molecule has 9 aromatic rings. The van der Waals surface area contributed by atoms with Gasteiger partial charge < -0.3 is 0 Å². The number of hydrogen-bond donors (Lipinski definition) is 0. The van der Waals surface area contributed by atoms with E-state index in [-0.39, 0.29) is 5.41 Å². The quantitative estimate of drug-likeness (QED) is 0.157. The van der Waals surface area contributed by atoms with E-state index in [1.165, 1.54) is 86.7 Å². The maximum atomic E-state index is 5.49. The average Bonchev–Trinajstić information content (AvgIpc) is 3.80. The maximum Gasteiger partial charge on any atom is 0.235 e. The molecule has 0 amide bonds. The SMILES string of the molecule is C=C/C=C\C=C(/C)c1cc(-c2ccc3ccccc3c2)nc(-n2c3cc(-c4ccc5c(c4)-c4ccccc4C54C5CC6CC(C5)CC4C6)ccc3c3ccc4ccccc4c32)n1. The van der Waals surface area contributed by atoms with Crippen LogP contribution in [0.1, 0.15) is 55.8 Å². The van der Waals surface area contributed by atoms with Crippen molar-refractivity contribution in [1.29, 1.82) is 0 Å². The van der Waals surface area contributed by atoms with Gasteiger partial charge in [-0.25, -0.2) is 9.97 Å². The number of aromatic nitrogens is 3. The smallest absolute Gasteiger partial charge is 0.235 e. The van der Waals surface area contributed by atoms with Crippen LogP contribution in [0.25, 0.3) is 88.4 Å². The lowest BCUT2D eigenvalue weighted by atomic mass is 9.43. The molecule has 4 saturated carbocycles. The Morgan fingerprint density at radius 1 is 0.581 bits per heavy atom. The fourth-order valence-corrected chi connectivity index (χ4v) is 13.1. The van der Waals surface area contributed by atoms with Crippen LogP contribution in [-0.2, 0) is 5.41 Å². The highest BCUT2D eigenvalue weighted by Crippen LogP contribution is 2.69. The molecule has 4 fully saturated rings. The van der Waals surface area contributed by atoms with Gasteiger partial charge in [0.25, 0.3) is 0 Å². The summed E-state index contributed by atoms with van der Waals surface area (Å²) < 4.78 is 2.34. The van der Waals surface area contributed by atoms with Crippen molar-refractivity contribution in [3.8, 4) is 39.5 Å². The Kier molecular flexibility index (Phi) is 7.86. The molecule has 0 aliphatic heterocycles. The fourth-order valence-electron chi connectivity index (χ4n) is 13.1. The van der Waals surface area contributed by atoms with E-state index < -0.39 is 0 Å². The minimum atomic E-state index is 0.161. The van der Waals surface area contributed by atoms with E-state index in [0.29, 0.717) is 5.95 Å². The lowest BCUT2D eigenvalue weighted by Crippen LogP contribution is -2.55. The Morgan fingerprint density at radius 2 is 1.26 bits per heavy atom. The molecule has 4 bridgehead atoms. The Balaban J connectivity index is 1.04. The van der Waals surface area contributed by atoms with Crippen LogP contribution in [0.2, 0.25) is 0 Å². The van der Waals surface area contributed by atoms with Gasteiger partial charge in [-0.3, -0.25) is 4.57 Å². The van der Waals surface area contributed by atoms with Crippen LogP contribution in [0.15, 0.2) is 176 Å². The molecule has 7 aromatic carbocycles. The summed E-state index contributed by atoms with van der Waals surface area (Å²) in [6.07, 6.45) is 14.9. The van der Waals surface area contributed by atoms with E-state index in [0.717, 1.165) is 57.2 Å². The van der Waals surface area contributed by atoms with Crippen LogP contribution in [0.5, 0.6) is 0 Å². The van der Waals surface area contributed by atoms with Crippen molar-refractivity contribution in [1.82, 2.24) is 14.5 Å². The van der Waals surface area contributed by atoms with Gasteiger partial charge >= 0.3 is 0 Å². The zero-order chi connectivity index (χ0) is 41.1. The summed E-state index contributed by atoms with van der Waals surface area (Å²) in [6, 6.07) is 54.6. The highest BCUT2D eigenvalue weighted by Gasteiger charge is 2.61. The minimum absolute atomic E-state index is 0.161. The van der Waals surface area contributed by atoms with Crippen LogP contribution in [0.4, 0.5) is 0 Å². The monoisotopic (exact) mass is 797 g/mol. The third-order valence-electron chi connectivity index (χ3n) is 15.5. The number of fused-ring (bicyclic) bond motifs is 9. The first-order chi connectivity index (χ1) is 30.5. The Bertz CT molecular complexity index is 3380. The lowest BCUT2D eigenvalue weighted by molar-refractivity contribution is -0.0399. The number of nitrogens with zero attached hydrogens (tertiary/aromatic N) is 3. The van der Waals surface area contributed by atoms with Crippen molar-refractivity contribution in [2.24, 2.45) is 23.7 Å². The summed E-state index contributed by atoms with van der Waals surface area (Å²) >= 11 is 0. The fraction of sp³-hybridized carbons (Fsp3) is 0.186. The Morgan fingerprint density at radius 3 is 2.10 bits per heavy atom. The largest absolute Gasteiger partial charge is 0.277 e. The van der Waals surface area contributed by atoms with E-state index in [1.807, 2.05) is 12.2 Å². The molecule has 298 valence electrons. The molecule has 0 atom stereocenters. The molecule has 5 aliphatic rings. The van der Waals surface area contributed by atoms with Crippen molar-refractivity contribution in [3.05, 3.63) is 193 Å². The predicted molar refractivity (Wildman–Crippen MR) is 259 cm³/mol. The van der Waals surface area contributed by atoms with Crippen LogP contribution in [0.3, 0.4) is 0 Å². The van der Waals surface area contributed by atoms with Crippen molar-refractivity contribution < 1.29 is 0 Å². The van der Waals surface area contributed by atoms with E-state index in [9.17, 15) is 0 Å².